The predicted octanol–water partition coefficient (Wildman–Crippen LogP) is 4.42. The van der Waals surface area contributed by atoms with Crippen molar-refractivity contribution in [3.8, 4) is 5.75 Å². The van der Waals surface area contributed by atoms with E-state index in [1.807, 2.05) is 32.0 Å². The van der Waals surface area contributed by atoms with Gasteiger partial charge in [0.1, 0.15) is 11.9 Å². The zero-order valence-corrected chi connectivity index (χ0v) is 16.9. The Morgan fingerprint density at radius 2 is 1.96 bits per heavy atom. The molecule has 3 rings (SSSR count). The Hall–Kier alpha value is -2.57. The Balaban J connectivity index is 2.21. The molecule has 1 aliphatic heterocycles. The van der Waals surface area contributed by atoms with Crippen molar-refractivity contribution in [1.29, 1.82) is 0 Å². The molecule has 0 radical (unpaired) electrons. The molecule has 1 N–H and O–H groups in total. The van der Waals surface area contributed by atoms with Crippen LogP contribution < -0.4 is 10.1 Å². The average molecular weight is 404 g/mol. The number of rotatable bonds is 4. The summed E-state index contributed by atoms with van der Waals surface area (Å²) in [7, 11) is 1.61. The number of methoxy groups -OCH3 is 1. The lowest BCUT2D eigenvalue weighted by atomic mass is 9.89. The topological polar surface area (TPSA) is 73.9 Å². The maximum atomic E-state index is 12.5. The van der Waals surface area contributed by atoms with Gasteiger partial charge >= 0.3 is 5.97 Å². The molecule has 2 unspecified atom stereocenters. The fourth-order valence-electron chi connectivity index (χ4n) is 3.37. The number of amides is 1. The molecule has 1 aliphatic rings. The van der Waals surface area contributed by atoms with E-state index in [1.165, 1.54) is 6.92 Å². The molecule has 2 atom stereocenters. The molecule has 0 aliphatic carbocycles. The van der Waals surface area contributed by atoms with E-state index >= 15 is 0 Å². The van der Waals surface area contributed by atoms with E-state index in [1.54, 1.807) is 25.3 Å². The van der Waals surface area contributed by atoms with Crippen molar-refractivity contribution < 1.29 is 23.8 Å². The van der Waals surface area contributed by atoms with Gasteiger partial charge in [0, 0.05) is 28.8 Å². The molecule has 2 aromatic carbocycles. The number of halogens is 1. The van der Waals surface area contributed by atoms with Crippen molar-refractivity contribution in [3.05, 3.63) is 58.1 Å². The van der Waals surface area contributed by atoms with Crippen molar-refractivity contribution in [1.82, 2.24) is 0 Å². The first kappa shape index (κ1) is 20.2. The Bertz CT molecular complexity index is 912. The summed E-state index contributed by atoms with van der Waals surface area (Å²) in [5.41, 5.74) is 2.97. The maximum absolute atomic E-state index is 12.5. The number of carbonyl (C=O) groups is 2. The number of fused-ring (bicyclic) bond motifs is 1. The molecule has 0 bridgehead atoms. The summed E-state index contributed by atoms with van der Waals surface area (Å²) < 4.78 is 16.7. The van der Waals surface area contributed by atoms with Crippen LogP contribution in [0, 0.1) is 0 Å². The zero-order chi connectivity index (χ0) is 20.4. The molecule has 0 fully saturated rings. The molecule has 148 valence electrons. The molecular formula is C21H22ClNO5. The Morgan fingerprint density at radius 3 is 2.61 bits per heavy atom. The number of ether oxygens (including phenoxy) is 3. The summed E-state index contributed by atoms with van der Waals surface area (Å²) in [4.78, 5) is 24.0. The monoisotopic (exact) mass is 403 g/mol. The smallest absolute Gasteiger partial charge is 0.305 e. The first-order valence-electron chi connectivity index (χ1n) is 8.91. The lowest BCUT2D eigenvalue weighted by Crippen LogP contribution is -2.33. The lowest BCUT2D eigenvalue weighted by Gasteiger charge is -2.26. The Labute approximate surface area is 168 Å². The first-order chi connectivity index (χ1) is 13.3. The molecule has 0 spiro atoms. The number of carbonyl (C=O) groups excluding carboxylic acids is 2. The number of benzene rings is 2. The second-order valence-electron chi connectivity index (χ2n) is 6.80. The summed E-state index contributed by atoms with van der Waals surface area (Å²) in [6, 6.07) is 10.8. The number of nitrogens with one attached hydrogen (secondary N) is 1. The number of anilines is 1. The largest absolute Gasteiger partial charge is 0.496 e. The van der Waals surface area contributed by atoms with Gasteiger partial charge in [0.2, 0.25) is 0 Å². The number of hydrogen-bond donors (Lipinski definition) is 1. The molecule has 28 heavy (non-hydrogen) atoms. The minimum absolute atomic E-state index is 0.122. The molecule has 2 aromatic rings. The van der Waals surface area contributed by atoms with Crippen molar-refractivity contribution in [2.45, 2.75) is 39.1 Å². The maximum Gasteiger partial charge on any atom is 0.305 e. The molecule has 0 aromatic heterocycles. The number of esters is 1. The van der Waals surface area contributed by atoms with E-state index in [9.17, 15) is 9.59 Å². The van der Waals surface area contributed by atoms with Gasteiger partial charge in [-0.15, -0.1) is 0 Å². The minimum Gasteiger partial charge on any atom is -0.496 e. The predicted molar refractivity (Wildman–Crippen MR) is 106 cm³/mol. The Kier molecular flexibility index (Phi) is 5.91. The van der Waals surface area contributed by atoms with Crippen LogP contribution in [0.15, 0.2) is 36.4 Å². The molecular weight excluding hydrogens is 382 g/mol. The van der Waals surface area contributed by atoms with Crippen molar-refractivity contribution in [3.63, 3.8) is 0 Å². The molecule has 0 saturated carbocycles. The van der Waals surface area contributed by atoms with Crippen LogP contribution >= 0.6 is 11.6 Å². The van der Waals surface area contributed by atoms with Gasteiger partial charge in [0.15, 0.2) is 0 Å². The summed E-state index contributed by atoms with van der Waals surface area (Å²) >= 11 is 6.22. The zero-order valence-electron chi connectivity index (χ0n) is 16.1. The fourth-order valence-corrected chi connectivity index (χ4v) is 3.55. The van der Waals surface area contributed by atoms with Gasteiger partial charge in [-0.1, -0.05) is 37.6 Å². The number of hydrogen-bond acceptors (Lipinski definition) is 5. The third-order valence-electron chi connectivity index (χ3n) is 4.48. The highest BCUT2D eigenvalue weighted by molar-refractivity contribution is 6.30. The van der Waals surface area contributed by atoms with Crippen LogP contribution in [0.25, 0.3) is 0 Å². The van der Waals surface area contributed by atoms with Gasteiger partial charge in [0.05, 0.1) is 7.11 Å². The van der Waals surface area contributed by atoms with Crippen molar-refractivity contribution >= 4 is 29.2 Å². The van der Waals surface area contributed by atoms with Gasteiger partial charge in [-0.3, -0.25) is 9.59 Å². The minimum atomic E-state index is -1.39. The van der Waals surface area contributed by atoms with Crippen LogP contribution in [0.2, 0.25) is 5.02 Å². The lowest BCUT2D eigenvalue weighted by molar-refractivity contribution is -0.187. The van der Waals surface area contributed by atoms with E-state index in [-0.39, 0.29) is 5.92 Å². The second kappa shape index (κ2) is 8.20. The third kappa shape index (κ3) is 3.98. The van der Waals surface area contributed by atoms with Gasteiger partial charge in [-0.05, 0) is 35.7 Å². The quantitative estimate of drug-likeness (QED) is 0.765. The van der Waals surface area contributed by atoms with Crippen LogP contribution in [0.3, 0.4) is 0 Å². The van der Waals surface area contributed by atoms with E-state index < -0.39 is 24.3 Å². The van der Waals surface area contributed by atoms with Crippen molar-refractivity contribution in [2.24, 2.45) is 0 Å². The van der Waals surface area contributed by atoms with Crippen LogP contribution in [0.5, 0.6) is 5.75 Å². The molecule has 1 heterocycles. The van der Waals surface area contributed by atoms with Crippen LogP contribution in [-0.4, -0.2) is 25.3 Å². The molecule has 1 amide bonds. The van der Waals surface area contributed by atoms with Gasteiger partial charge in [0.25, 0.3) is 12.2 Å². The van der Waals surface area contributed by atoms with E-state index in [0.29, 0.717) is 22.0 Å². The molecule has 7 heteroatoms. The van der Waals surface area contributed by atoms with Gasteiger partial charge in [-0.25, -0.2) is 0 Å². The summed E-state index contributed by atoms with van der Waals surface area (Å²) in [6.45, 7) is 5.32. The Morgan fingerprint density at radius 1 is 1.21 bits per heavy atom. The first-order valence-corrected chi connectivity index (χ1v) is 9.29. The van der Waals surface area contributed by atoms with Gasteiger partial charge in [-0.2, -0.15) is 0 Å². The fraction of sp³-hybridized carbons (Fsp3) is 0.333. The van der Waals surface area contributed by atoms with Gasteiger partial charge < -0.3 is 19.5 Å². The summed E-state index contributed by atoms with van der Waals surface area (Å²) in [5.74, 6) is -0.336. The summed E-state index contributed by atoms with van der Waals surface area (Å²) in [5, 5.41) is 3.25. The van der Waals surface area contributed by atoms with Crippen LogP contribution in [-0.2, 0) is 19.1 Å². The van der Waals surface area contributed by atoms with Crippen LogP contribution in [0.4, 0.5) is 5.69 Å². The molecule has 6 nitrogen and oxygen atoms in total. The third-order valence-corrected chi connectivity index (χ3v) is 4.72. The van der Waals surface area contributed by atoms with E-state index in [4.69, 9.17) is 25.8 Å². The SMILES string of the molecule is COc1cccc(C2OC(OC(C)=O)C(=O)Nc3ccc(Cl)cc32)c1C(C)C. The highest BCUT2D eigenvalue weighted by Gasteiger charge is 2.35. The standard InChI is InChI=1S/C21H22ClNO5/c1-11(2)18-14(6-5-7-17(18)26-4)19-15-10-13(22)8-9-16(15)23-20(25)21(28-19)27-12(3)24/h5-11,19,21H,1-4H3,(H,23,25). The van der Waals surface area contributed by atoms with Crippen LogP contribution in [0.1, 0.15) is 49.5 Å². The summed E-state index contributed by atoms with van der Waals surface area (Å²) in [6.07, 6.45) is -2.08. The second-order valence-corrected chi connectivity index (χ2v) is 7.23. The highest BCUT2D eigenvalue weighted by atomic mass is 35.5. The average Bonchev–Trinajstić information content (AvgIpc) is 2.77. The van der Waals surface area contributed by atoms with E-state index in [0.717, 1.165) is 11.1 Å². The highest BCUT2D eigenvalue weighted by Crippen LogP contribution is 2.42. The van der Waals surface area contributed by atoms with E-state index in [2.05, 4.69) is 5.32 Å². The normalized spacial score (nSPS) is 18.9. The van der Waals surface area contributed by atoms with Crippen molar-refractivity contribution in [2.75, 3.05) is 12.4 Å². The molecule has 0 saturated heterocycles.